The molecule has 1 heterocycles. The van der Waals surface area contributed by atoms with Crippen LogP contribution in [0.4, 0.5) is 5.69 Å². The van der Waals surface area contributed by atoms with Gasteiger partial charge in [0.25, 0.3) is 0 Å². The molecule has 4 nitrogen and oxygen atoms in total. The van der Waals surface area contributed by atoms with Crippen molar-refractivity contribution in [1.29, 1.82) is 0 Å². The lowest BCUT2D eigenvalue weighted by Gasteiger charge is -2.10. The van der Waals surface area contributed by atoms with E-state index in [-0.39, 0.29) is 18.6 Å². The molecule has 5 heteroatoms. The lowest BCUT2D eigenvalue weighted by atomic mass is 10.1. The molecule has 1 fully saturated rings. The number of hydrogen-bond donors (Lipinski definition) is 2. The number of aliphatic hydroxyl groups excluding tert-OH is 1. The molecule has 0 aromatic heterocycles. The Labute approximate surface area is 129 Å². The fourth-order valence-corrected chi connectivity index (χ4v) is 2.41. The Bertz CT molecular complexity index is 556. The van der Waals surface area contributed by atoms with Gasteiger partial charge in [-0.3, -0.25) is 4.79 Å². The number of carbonyl (C=O) groups is 1. The van der Waals surface area contributed by atoms with Gasteiger partial charge in [0.05, 0.1) is 11.8 Å². The number of aliphatic hydroxyl groups is 1. The van der Waals surface area contributed by atoms with Gasteiger partial charge in [-0.2, -0.15) is 0 Å². The highest BCUT2D eigenvalue weighted by atomic mass is 35.5. The number of rotatable bonds is 4. The van der Waals surface area contributed by atoms with E-state index in [4.69, 9.17) is 21.4 Å². The van der Waals surface area contributed by atoms with Crippen LogP contribution in [-0.2, 0) is 9.53 Å². The molecule has 21 heavy (non-hydrogen) atoms. The van der Waals surface area contributed by atoms with Gasteiger partial charge in [-0.05, 0) is 37.5 Å². The van der Waals surface area contributed by atoms with Crippen molar-refractivity contribution in [2.24, 2.45) is 0 Å². The largest absolute Gasteiger partial charge is 0.384 e. The third kappa shape index (κ3) is 5.05. The molecule has 0 spiro atoms. The van der Waals surface area contributed by atoms with Gasteiger partial charge in [0.2, 0.25) is 5.91 Å². The number of halogens is 1. The van der Waals surface area contributed by atoms with Gasteiger partial charge in [-0.1, -0.05) is 23.4 Å². The molecular weight excluding hydrogens is 290 g/mol. The average Bonchev–Trinajstić information content (AvgIpc) is 2.98. The van der Waals surface area contributed by atoms with Crippen LogP contribution in [0.15, 0.2) is 18.2 Å². The van der Waals surface area contributed by atoms with E-state index in [0.29, 0.717) is 22.7 Å². The molecule has 1 aliphatic heterocycles. The van der Waals surface area contributed by atoms with Crippen LogP contribution in [0.2, 0.25) is 5.02 Å². The molecule has 112 valence electrons. The second kappa shape index (κ2) is 8.04. The van der Waals surface area contributed by atoms with E-state index in [2.05, 4.69) is 17.2 Å². The van der Waals surface area contributed by atoms with Crippen molar-refractivity contribution < 1.29 is 14.6 Å². The fraction of sp³-hybridized carbons (Fsp3) is 0.438. The third-order valence-electron chi connectivity index (χ3n) is 3.28. The standard InChI is InChI=1S/C16H18ClNO3/c17-13-5-7-15(12(11-13)3-1-9-19)18-16(20)8-6-14-4-2-10-21-14/h5,7,11,14,19H,2,4,6,8-10H2,(H,18,20). The van der Waals surface area contributed by atoms with E-state index in [1.165, 1.54) is 0 Å². The Morgan fingerprint density at radius 3 is 3.10 bits per heavy atom. The second-order valence-corrected chi connectivity index (χ2v) is 5.31. The van der Waals surface area contributed by atoms with Gasteiger partial charge in [0.15, 0.2) is 0 Å². The maximum Gasteiger partial charge on any atom is 0.224 e. The SMILES string of the molecule is O=C(CCC1CCCO1)Nc1ccc(Cl)cc1C#CCO. The lowest BCUT2D eigenvalue weighted by Crippen LogP contribution is -2.15. The molecule has 1 saturated heterocycles. The smallest absolute Gasteiger partial charge is 0.224 e. The van der Waals surface area contributed by atoms with Crippen molar-refractivity contribution in [3.63, 3.8) is 0 Å². The molecule has 2 rings (SSSR count). The van der Waals surface area contributed by atoms with Crippen LogP contribution < -0.4 is 5.32 Å². The number of ether oxygens (including phenoxy) is 1. The van der Waals surface area contributed by atoms with Gasteiger partial charge < -0.3 is 15.2 Å². The van der Waals surface area contributed by atoms with Gasteiger partial charge in [-0.25, -0.2) is 0 Å². The van der Waals surface area contributed by atoms with Crippen LogP contribution in [0, 0.1) is 11.8 Å². The summed E-state index contributed by atoms with van der Waals surface area (Å²) < 4.78 is 5.50. The van der Waals surface area contributed by atoms with E-state index in [1.54, 1.807) is 18.2 Å². The van der Waals surface area contributed by atoms with Gasteiger partial charge in [-0.15, -0.1) is 0 Å². The normalized spacial score (nSPS) is 17.1. The highest BCUT2D eigenvalue weighted by Gasteiger charge is 2.17. The minimum atomic E-state index is -0.237. The van der Waals surface area contributed by atoms with Crippen molar-refractivity contribution in [3.8, 4) is 11.8 Å². The summed E-state index contributed by atoms with van der Waals surface area (Å²) >= 11 is 5.92. The molecule has 0 bridgehead atoms. The summed E-state index contributed by atoms with van der Waals surface area (Å²) in [5, 5.41) is 12.1. The first-order valence-electron chi connectivity index (χ1n) is 7.00. The van der Waals surface area contributed by atoms with Crippen molar-refractivity contribution in [2.75, 3.05) is 18.5 Å². The summed E-state index contributed by atoms with van der Waals surface area (Å²) in [5.41, 5.74) is 1.21. The second-order valence-electron chi connectivity index (χ2n) is 4.87. The highest BCUT2D eigenvalue weighted by Crippen LogP contribution is 2.21. The van der Waals surface area contributed by atoms with Crippen molar-refractivity contribution in [1.82, 2.24) is 0 Å². The maximum atomic E-state index is 12.0. The Morgan fingerprint density at radius 1 is 1.52 bits per heavy atom. The summed E-state index contributed by atoms with van der Waals surface area (Å²) in [6.45, 7) is 0.559. The van der Waals surface area contributed by atoms with Crippen LogP contribution in [0.3, 0.4) is 0 Å². The number of amides is 1. The van der Waals surface area contributed by atoms with Crippen molar-refractivity contribution >= 4 is 23.2 Å². The first-order chi connectivity index (χ1) is 10.2. The quantitative estimate of drug-likeness (QED) is 0.841. The number of benzene rings is 1. The van der Waals surface area contributed by atoms with Crippen molar-refractivity contribution in [3.05, 3.63) is 28.8 Å². The zero-order valence-electron chi connectivity index (χ0n) is 11.7. The molecule has 1 atom stereocenters. The van der Waals surface area contributed by atoms with Crippen LogP contribution in [0.1, 0.15) is 31.2 Å². The number of nitrogens with one attached hydrogen (secondary N) is 1. The van der Waals surface area contributed by atoms with Gasteiger partial charge in [0, 0.05) is 23.6 Å². The predicted molar refractivity (Wildman–Crippen MR) is 82.3 cm³/mol. The topological polar surface area (TPSA) is 58.6 Å². The lowest BCUT2D eigenvalue weighted by molar-refractivity contribution is -0.116. The minimum Gasteiger partial charge on any atom is -0.384 e. The minimum absolute atomic E-state index is 0.0696. The van der Waals surface area contributed by atoms with Gasteiger partial charge in [0.1, 0.15) is 6.61 Å². The Balaban J connectivity index is 1.95. The molecule has 1 amide bonds. The molecule has 1 unspecified atom stereocenters. The third-order valence-corrected chi connectivity index (χ3v) is 3.51. The number of anilines is 1. The molecule has 0 saturated carbocycles. The van der Waals surface area contributed by atoms with E-state index in [9.17, 15) is 4.79 Å². The summed E-state index contributed by atoms with van der Waals surface area (Å²) in [7, 11) is 0. The zero-order chi connectivity index (χ0) is 15.1. The molecule has 0 aliphatic carbocycles. The monoisotopic (exact) mass is 307 g/mol. The Morgan fingerprint density at radius 2 is 2.38 bits per heavy atom. The maximum absolute atomic E-state index is 12.0. The molecule has 1 aromatic rings. The van der Waals surface area contributed by atoms with Crippen LogP contribution in [-0.4, -0.2) is 30.3 Å². The van der Waals surface area contributed by atoms with Crippen molar-refractivity contribution in [2.45, 2.75) is 31.8 Å². The molecule has 1 aliphatic rings. The molecule has 2 N–H and O–H groups in total. The average molecular weight is 308 g/mol. The van der Waals surface area contributed by atoms with E-state index >= 15 is 0 Å². The first-order valence-corrected chi connectivity index (χ1v) is 7.37. The van der Waals surface area contributed by atoms with E-state index in [1.807, 2.05) is 0 Å². The predicted octanol–water partition coefficient (Wildman–Crippen LogP) is 2.58. The Kier molecular flexibility index (Phi) is 6.06. The molecule has 1 aromatic carbocycles. The van der Waals surface area contributed by atoms with Crippen LogP contribution >= 0.6 is 11.6 Å². The summed E-state index contributed by atoms with van der Waals surface area (Å²) in [4.78, 5) is 12.0. The number of carbonyl (C=O) groups excluding carboxylic acids is 1. The van der Waals surface area contributed by atoms with Crippen LogP contribution in [0.5, 0.6) is 0 Å². The molecular formula is C16H18ClNO3. The Hall–Kier alpha value is -1.54. The molecule has 0 radical (unpaired) electrons. The summed E-state index contributed by atoms with van der Waals surface area (Å²) in [6.07, 6.45) is 3.46. The summed E-state index contributed by atoms with van der Waals surface area (Å²) in [5.74, 6) is 5.27. The zero-order valence-corrected chi connectivity index (χ0v) is 12.4. The fourth-order valence-electron chi connectivity index (χ4n) is 2.24. The summed E-state index contributed by atoms with van der Waals surface area (Å²) in [6, 6.07) is 5.08. The highest BCUT2D eigenvalue weighted by molar-refractivity contribution is 6.30. The van der Waals surface area contributed by atoms with E-state index in [0.717, 1.165) is 25.9 Å². The number of hydrogen-bond acceptors (Lipinski definition) is 3. The van der Waals surface area contributed by atoms with E-state index < -0.39 is 0 Å². The van der Waals surface area contributed by atoms with Crippen LogP contribution in [0.25, 0.3) is 0 Å². The van der Waals surface area contributed by atoms with Gasteiger partial charge >= 0.3 is 0 Å². The first kappa shape index (κ1) is 15.8.